The first-order chi connectivity index (χ1) is 14.2. The van der Waals surface area contributed by atoms with Crippen LogP contribution in [0.3, 0.4) is 0 Å². The van der Waals surface area contributed by atoms with Crippen molar-refractivity contribution in [2.75, 3.05) is 13.1 Å². The maximum Gasteiger partial charge on any atom is 0.257 e. The summed E-state index contributed by atoms with van der Waals surface area (Å²) < 4.78 is 5.98. The van der Waals surface area contributed by atoms with Crippen molar-refractivity contribution < 1.29 is 14.3 Å². The van der Waals surface area contributed by atoms with E-state index in [-0.39, 0.29) is 5.91 Å². The molecule has 0 bridgehead atoms. The van der Waals surface area contributed by atoms with Crippen LogP contribution in [0, 0.1) is 0 Å². The molecule has 0 unspecified atom stereocenters. The van der Waals surface area contributed by atoms with Gasteiger partial charge in [0.05, 0.1) is 5.56 Å². The summed E-state index contributed by atoms with van der Waals surface area (Å²) in [5.74, 6) is 0.476. The van der Waals surface area contributed by atoms with Gasteiger partial charge in [-0.25, -0.2) is 0 Å². The third-order valence-corrected chi connectivity index (χ3v) is 4.96. The average Bonchev–Trinajstić information content (AvgIpc) is 2.77. The molecule has 0 saturated carbocycles. The Morgan fingerprint density at radius 3 is 2.17 bits per heavy atom. The summed E-state index contributed by atoms with van der Waals surface area (Å²) in [5, 5.41) is 0. The highest BCUT2D eigenvalue weighted by molar-refractivity contribution is 5.98. The number of hydrogen-bond acceptors (Lipinski definition) is 3. The van der Waals surface area contributed by atoms with E-state index >= 15 is 0 Å². The molecule has 2 aromatic carbocycles. The number of ether oxygens (including phenoxy) is 1. The van der Waals surface area contributed by atoms with Gasteiger partial charge in [0.25, 0.3) is 5.91 Å². The highest BCUT2D eigenvalue weighted by atomic mass is 16.5. The molecule has 156 valence electrons. The van der Waals surface area contributed by atoms with E-state index < -0.39 is 0 Å². The average molecular weight is 396 g/mol. The van der Waals surface area contributed by atoms with Crippen LogP contribution in [-0.2, 0) is 6.61 Å². The summed E-state index contributed by atoms with van der Waals surface area (Å²) >= 11 is 0. The van der Waals surface area contributed by atoms with E-state index in [0.29, 0.717) is 23.5 Å². The van der Waals surface area contributed by atoms with Crippen molar-refractivity contribution in [1.29, 1.82) is 0 Å². The topological polar surface area (TPSA) is 46.6 Å². The van der Waals surface area contributed by atoms with Crippen molar-refractivity contribution >= 4 is 12.2 Å². The molecule has 0 atom stereocenters. The molecule has 2 aromatic rings. The SMILES string of the molecule is CCCCCN(CCCCC)C(=O)c1cc(C=O)ccc1OCc1ccccc1. The molecule has 29 heavy (non-hydrogen) atoms. The maximum atomic E-state index is 13.4. The van der Waals surface area contributed by atoms with Crippen LogP contribution in [0.2, 0.25) is 0 Å². The fourth-order valence-corrected chi connectivity index (χ4v) is 3.24. The van der Waals surface area contributed by atoms with Crippen LogP contribution in [0.1, 0.15) is 78.7 Å². The third kappa shape index (κ3) is 7.37. The molecule has 0 aliphatic heterocycles. The molecule has 2 rings (SSSR count). The fraction of sp³-hybridized carbons (Fsp3) is 0.440. The summed E-state index contributed by atoms with van der Waals surface area (Å²) in [6.07, 6.45) is 7.18. The Hall–Kier alpha value is -2.62. The van der Waals surface area contributed by atoms with E-state index in [1.54, 1.807) is 18.2 Å². The van der Waals surface area contributed by atoms with Gasteiger partial charge in [0.2, 0.25) is 0 Å². The van der Waals surface area contributed by atoms with E-state index in [2.05, 4.69) is 13.8 Å². The van der Waals surface area contributed by atoms with Crippen molar-refractivity contribution in [3.8, 4) is 5.75 Å². The molecule has 1 amide bonds. The van der Waals surface area contributed by atoms with Gasteiger partial charge in [0, 0.05) is 18.7 Å². The van der Waals surface area contributed by atoms with Crippen molar-refractivity contribution in [1.82, 2.24) is 4.90 Å². The highest BCUT2D eigenvalue weighted by Crippen LogP contribution is 2.23. The van der Waals surface area contributed by atoms with Gasteiger partial charge >= 0.3 is 0 Å². The zero-order chi connectivity index (χ0) is 20.9. The monoisotopic (exact) mass is 395 g/mol. The van der Waals surface area contributed by atoms with E-state index in [1.165, 1.54) is 0 Å². The van der Waals surface area contributed by atoms with E-state index in [9.17, 15) is 9.59 Å². The Morgan fingerprint density at radius 1 is 0.931 bits per heavy atom. The lowest BCUT2D eigenvalue weighted by atomic mass is 10.1. The first-order valence-corrected chi connectivity index (χ1v) is 10.7. The zero-order valence-corrected chi connectivity index (χ0v) is 17.7. The summed E-state index contributed by atoms with van der Waals surface area (Å²) in [4.78, 5) is 26.6. The second kappa shape index (κ2) is 12.8. The van der Waals surface area contributed by atoms with Crippen LogP contribution >= 0.6 is 0 Å². The third-order valence-electron chi connectivity index (χ3n) is 4.96. The minimum Gasteiger partial charge on any atom is -0.488 e. The van der Waals surface area contributed by atoms with Crippen LogP contribution < -0.4 is 4.74 Å². The Labute approximate surface area is 174 Å². The normalized spacial score (nSPS) is 10.6. The van der Waals surface area contributed by atoms with Gasteiger partial charge < -0.3 is 9.64 Å². The highest BCUT2D eigenvalue weighted by Gasteiger charge is 2.20. The molecular formula is C25H33NO3. The number of carbonyl (C=O) groups excluding carboxylic acids is 2. The quantitative estimate of drug-likeness (QED) is 0.313. The lowest BCUT2D eigenvalue weighted by molar-refractivity contribution is 0.0744. The first-order valence-electron chi connectivity index (χ1n) is 10.7. The van der Waals surface area contributed by atoms with Crippen molar-refractivity contribution in [3.05, 3.63) is 65.2 Å². The number of rotatable bonds is 13. The van der Waals surface area contributed by atoms with Crippen LogP contribution in [0.25, 0.3) is 0 Å². The molecule has 0 radical (unpaired) electrons. The molecule has 4 nitrogen and oxygen atoms in total. The molecule has 0 aromatic heterocycles. The minimum absolute atomic E-state index is 0.0519. The first kappa shape index (κ1) is 22.7. The lowest BCUT2D eigenvalue weighted by Crippen LogP contribution is -2.33. The summed E-state index contributed by atoms with van der Waals surface area (Å²) in [6.45, 7) is 6.17. The number of unbranched alkanes of at least 4 members (excludes halogenated alkanes) is 4. The van der Waals surface area contributed by atoms with Gasteiger partial charge in [-0.3, -0.25) is 9.59 Å². The molecule has 0 spiro atoms. The summed E-state index contributed by atoms with van der Waals surface area (Å²) in [6, 6.07) is 14.9. The summed E-state index contributed by atoms with van der Waals surface area (Å²) in [5.41, 5.74) is 1.99. The van der Waals surface area contributed by atoms with Crippen LogP contribution in [0.15, 0.2) is 48.5 Å². The summed E-state index contributed by atoms with van der Waals surface area (Å²) in [7, 11) is 0. The number of carbonyl (C=O) groups is 2. The molecule has 0 fully saturated rings. The predicted molar refractivity (Wildman–Crippen MR) is 118 cm³/mol. The van der Waals surface area contributed by atoms with Crippen molar-refractivity contribution in [2.24, 2.45) is 0 Å². The largest absolute Gasteiger partial charge is 0.488 e. The van der Waals surface area contributed by atoms with Gasteiger partial charge in [0.15, 0.2) is 0 Å². The Kier molecular flexibility index (Phi) is 9.98. The van der Waals surface area contributed by atoms with Crippen LogP contribution in [0.5, 0.6) is 5.75 Å². The van der Waals surface area contributed by atoms with E-state index in [4.69, 9.17) is 4.74 Å². The lowest BCUT2D eigenvalue weighted by Gasteiger charge is -2.24. The van der Waals surface area contributed by atoms with Gasteiger partial charge in [-0.15, -0.1) is 0 Å². The molecule has 0 N–H and O–H groups in total. The maximum absolute atomic E-state index is 13.4. The van der Waals surface area contributed by atoms with Gasteiger partial charge in [0.1, 0.15) is 18.6 Å². The van der Waals surface area contributed by atoms with E-state index in [1.807, 2.05) is 35.2 Å². The zero-order valence-electron chi connectivity index (χ0n) is 17.7. The molecule has 0 heterocycles. The standard InChI is InChI=1S/C25H33NO3/c1-3-5-10-16-26(17-11-6-4-2)25(28)23-18-22(19-27)14-15-24(23)29-20-21-12-8-7-9-13-21/h7-9,12-15,18-19H,3-6,10-11,16-17,20H2,1-2H3. The van der Waals surface area contributed by atoms with Gasteiger partial charge in [-0.2, -0.15) is 0 Å². The number of aldehydes is 1. The van der Waals surface area contributed by atoms with Crippen LogP contribution in [-0.4, -0.2) is 30.2 Å². The van der Waals surface area contributed by atoms with Gasteiger partial charge in [-0.1, -0.05) is 69.9 Å². The van der Waals surface area contributed by atoms with Crippen molar-refractivity contribution in [3.63, 3.8) is 0 Å². The number of hydrogen-bond donors (Lipinski definition) is 0. The second-order valence-electron chi connectivity index (χ2n) is 7.35. The fourth-order valence-electron chi connectivity index (χ4n) is 3.24. The smallest absolute Gasteiger partial charge is 0.257 e. The number of amides is 1. The Bertz CT molecular complexity index is 748. The van der Waals surface area contributed by atoms with Crippen LogP contribution in [0.4, 0.5) is 0 Å². The second-order valence-corrected chi connectivity index (χ2v) is 7.35. The number of nitrogens with zero attached hydrogens (tertiary/aromatic N) is 1. The Balaban J connectivity index is 2.21. The molecule has 0 saturated heterocycles. The van der Waals surface area contributed by atoms with E-state index in [0.717, 1.165) is 63.5 Å². The Morgan fingerprint density at radius 2 is 1.59 bits per heavy atom. The molecular weight excluding hydrogens is 362 g/mol. The minimum atomic E-state index is -0.0519. The number of benzene rings is 2. The molecule has 0 aliphatic carbocycles. The van der Waals surface area contributed by atoms with Gasteiger partial charge in [-0.05, 0) is 36.6 Å². The van der Waals surface area contributed by atoms with Crippen molar-refractivity contribution in [2.45, 2.75) is 59.0 Å². The molecule has 4 heteroatoms. The predicted octanol–water partition coefficient (Wildman–Crippen LogP) is 5.90. The molecule has 0 aliphatic rings.